The second kappa shape index (κ2) is 13.2. The Hall–Kier alpha value is -2.06. The van der Waals surface area contributed by atoms with Crippen LogP contribution in [0.1, 0.15) is 51.0 Å². The van der Waals surface area contributed by atoms with E-state index in [1.54, 1.807) is 0 Å². The predicted octanol–water partition coefficient (Wildman–Crippen LogP) is 3.00. The molecule has 0 aromatic heterocycles. The molecule has 1 aromatic rings. The summed E-state index contributed by atoms with van der Waals surface area (Å²) in [4.78, 5) is 13.9. The van der Waals surface area contributed by atoms with E-state index in [0.29, 0.717) is 24.8 Å². The quantitative estimate of drug-likeness (QED) is 0.306. The van der Waals surface area contributed by atoms with Crippen molar-refractivity contribution >= 4 is 23.4 Å². The lowest BCUT2D eigenvalue weighted by molar-refractivity contribution is 0.195. The summed E-state index contributed by atoms with van der Waals surface area (Å²) in [5, 5.41) is 4.81. The second-order valence-corrected chi connectivity index (χ2v) is 7.81. The van der Waals surface area contributed by atoms with Crippen LogP contribution in [0, 0.1) is 0 Å². The molecule has 7 nitrogen and oxygen atoms in total. The van der Waals surface area contributed by atoms with Gasteiger partial charge in [-0.15, -0.1) is 0 Å². The van der Waals surface area contributed by atoms with Gasteiger partial charge in [-0.05, 0) is 68.7 Å². The van der Waals surface area contributed by atoms with Crippen LogP contribution in [0.25, 0.3) is 0 Å². The fourth-order valence-corrected chi connectivity index (χ4v) is 3.49. The van der Waals surface area contributed by atoms with Crippen LogP contribution in [0.5, 0.6) is 5.75 Å². The highest BCUT2D eigenvalue weighted by Crippen LogP contribution is 2.17. The smallest absolute Gasteiger partial charge is 0.333 e. The lowest BCUT2D eigenvalue weighted by Gasteiger charge is -2.26. The molecule has 29 heavy (non-hydrogen) atoms. The topological polar surface area (TPSA) is 82.9 Å². The Bertz CT molecular complexity index is 637. The van der Waals surface area contributed by atoms with Gasteiger partial charge in [0.15, 0.2) is 5.11 Å². The summed E-state index contributed by atoms with van der Waals surface area (Å²) < 4.78 is 5.88. The molecule has 0 atom stereocenters. The Labute approximate surface area is 179 Å². The number of nitrogens with two attached hydrogens (primary N) is 1. The molecule has 2 amide bonds. The van der Waals surface area contributed by atoms with Crippen molar-refractivity contribution in [3.8, 4) is 5.75 Å². The number of likely N-dealkylation sites (tertiary alicyclic amines) is 1. The van der Waals surface area contributed by atoms with E-state index in [0.717, 1.165) is 31.6 Å². The summed E-state index contributed by atoms with van der Waals surface area (Å²) in [5.41, 5.74) is 9.49. The number of urea groups is 1. The largest absolute Gasteiger partial charge is 0.494 e. The molecule has 0 saturated carbocycles. The molecule has 1 aliphatic rings. The molecule has 1 saturated heterocycles. The molecule has 2 rings (SSSR count). The number of hydrazine groups is 1. The number of rotatable bonds is 10. The summed E-state index contributed by atoms with van der Waals surface area (Å²) in [5.74, 6) is 0.902. The highest BCUT2D eigenvalue weighted by atomic mass is 32.1. The number of thiocarbonyl (C=S) groups is 1. The lowest BCUT2D eigenvalue weighted by Crippen LogP contribution is -2.52. The number of hydrogen-bond donors (Lipinski definition) is 3. The van der Waals surface area contributed by atoms with Crippen LogP contribution in [0.15, 0.2) is 24.3 Å². The van der Waals surface area contributed by atoms with Gasteiger partial charge in [0.25, 0.3) is 0 Å². The first-order valence-electron chi connectivity index (χ1n) is 10.6. The van der Waals surface area contributed by atoms with Crippen LogP contribution in [0.3, 0.4) is 0 Å². The Kier molecular flexibility index (Phi) is 10.6. The van der Waals surface area contributed by atoms with E-state index in [-0.39, 0.29) is 0 Å². The maximum Gasteiger partial charge on any atom is 0.333 e. The SMILES string of the molecule is CCCCN(NC(=S)NCCCOc1cccc(CN2CCCCC2)c1)C(N)=O. The predicted molar refractivity (Wildman–Crippen MR) is 121 cm³/mol. The van der Waals surface area contributed by atoms with Crippen LogP contribution >= 0.6 is 12.2 Å². The minimum absolute atomic E-state index is 0.392. The Morgan fingerprint density at radius 3 is 2.79 bits per heavy atom. The average Bonchev–Trinajstić information content (AvgIpc) is 2.71. The third-order valence-electron chi connectivity index (χ3n) is 4.87. The zero-order valence-corrected chi connectivity index (χ0v) is 18.3. The maximum absolute atomic E-state index is 11.4. The third kappa shape index (κ3) is 9.32. The van der Waals surface area contributed by atoms with E-state index < -0.39 is 6.03 Å². The number of carbonyl (C=O) groups is 1. The first-order valence-corrected chi connectivity index (χ1v) is 11.0. The van der Waals surface area contributed by atoms with Crippen molar-refractivity contribution in [1.82, 2.24) is 20.7 Å². The van der Waals surface area contributed by atoms with Crippen LogP contribution in [0.4, 0.5) is 4.79 Å². The van der Waals surface area contributed by atoms with Gasteiger partial charge in [0.05, 0.1) is 6.61 Å². The number of nitrogens with zero attached hydrogens (tertiary/aromatic N) is 2. The normalized spacial score (nSPS) is 14.2. The van der Waals surface area contributed by atoms with Crippen molar-refractivity contribution in [2.24, 2.45) is 5.73 Å². The summed E-state index contributed by atoms with van der Waals surface area (Å²) in [7, 11) is 0. The Morgan fingerprint density at radius 1 is 1.28 bits per heavy atom. The first kappa shape index (κ1) is 23.2. The molecule has 0 unspecified atom stereocenters. The fourth-order valence-electron chi connectivity index (χ4n) is 3.27. The van der Waals surface area contributed by atoms with Gasteiger partial charge in [-0.25, -0.2) is 9.80 Å². The third-order valence-corrected chi connectivity index (χ3v) is 5.10. The van der Waals surface area contributed by atoms with Gasteiger partial charge in [0, 0.05) is 19.6 Å². The number of primary amides is 1. The molecular formula is C21H35N5O2S. The van der Waals surface area contributed by atoms with Crippen molar-refractivity contribution < 1.29 is 9.53 Å². The van der Waals surface area contributed by atoms with Crippen molar-refractivity contribution in [3.63, 3.8) is 0 Å². The molecule has 1 aliphatic heterocycles. The highest BCUT2D eigenvalue weighted by molar-refractivity contribution is 7.80. The first-order chi connectivity index (χ1) is 14.1. The molecule has 0 spiro atoms. The van der Waals surface area contributed by atoms with Crippen molar-refractivity contribution in [3.05, 3.63) is 29.8 Å². The van der Waals surface area contributed by atoms with E-state index in [1.807, 2.05) is 6.07 Å². The minimum atomic E-state index is -0.532. The molecule has 1 aromatic carbocycles. The number of hydrogen-bond acceptors (Lipinski definition) is 4. The van der Waals surface area contributed by atoms with Gasteiger partial charge in [-0.3, -0.25) is 10.3 Å². The number of amides is 2. The molecule has 1 fully saturated rings. The summed E-state index contributed by atoms with van der Waals surface area (Å²) >= 11 is 5.22. The van der Waals surface area contributed by atoms with E-state index in [2.05, 4.69) is 40.8 Å². The zero-order valence-electron chi connectivity index (χ0n) is 17.5. The molecule has 0 radical (unpaired) electrons. The van der Waals surface area contributed by atoms with Crippen LogP contribution < -0.4 is 21.2 Å². The molecule has 4 N–H and O–H groups in total. The molecule has 162 valence electrons. The van der Waals surface area contributed by atoms with Crippen LogP contribution in [0.2, 0.25) is 0 Å². The number of nitrogens with one attached hydrogen (secondary N) is 2. The van der Waals surface area contributed by atoms with E-state index in [4.69, 9.17) is 22.7 Å². The fraction of sp³-hybridized carbons (Fsp3) is 0.619. The van der Waals surface area contributed by atoms with Gasteiger partial charge in [0.2, 0.25) is 0 Å². The summed E-state index contributed by atoms with van der Waals surface area (Å²) in [6.07, 6.45) is 6.59. The zero-order chi connectivity index (χ0) is 20.9. The monoisotopic (exact) mass is 421 g/mol. The summed E-state index contributed by atoms with van der Waals surface area (Å²) in [6.45, 7) is 7.21. The van der Waals surface area contributed by atoms with Gasteiger partial charge >= 0.3 is 6.03 Å². The Balaban J connectivity index is 1.63. The van der Waals surface area contributed by atoms with Crippen LogP contribution in [-0.2, 0) is 6.54 Å². The number of piperidine rings is 1. The number of carbonyl (C=O) groups excluding carboxylic acids is 1. The maximum atomic E-state index is 11.4. The lowest BCUT2D eigenvalue weighted by atomic mass is 10.1. The average molecular weight is 422 g/mol. The number of unbranched alkanes of at least 4 members (excludes halogenated alkanes) is 1. The standard InChI is InChI=1S/C21H35N5O2S/c1-2-3-14-26(20(22)27)24-21(29)23-11-8-15-28-19-10-7-9-18(16-19)17-25-12-5-4-6-13-25/h7,9-10,16H,2-6,8,11-15,17H2,1H3,(H2,22,27)(H2,23,24,29). The number of ether oxygens (including phenoxy) is 1. The van der Waals surface area contributed by atoms with Gasteiger partial charge in [0.1, 0.15) is 5.75 Å². The highest BCUT2D eigenvalue weighted by Gasteiger charge is 2.11. The van der Waals surface area contributed by atoms with Gasteiger partial charge in [-0.2, -0.15) is 0 Å². The number of benzene rings is 1. The van der Waals surface area contributed by atoms with Crippen molar-refractivity contribution in [1.29, 1.82) is 0 Å². The second-order valence-electron chi connectivity index (χ2n) is 7.40. The van der Waals surface area contributed by atoms with Gasteiger partial charge in [-0.1, -0.05) is 31.9 Å². The van der Waals surface area contributed by atoms with E-state index in [1.165, 1.54) is 42.9 Å². The van der Waals surface area contributed by atoms with Crippen LogP contribution in [-0.4, -0.2) is 53.8 Å². The van der Waals surface area contributed by atoms with Gasteiger partial charge < -0.3 is 15.8 Å². The van der Waals surface area contributed by atoms with Crippen molar-refractivity contribution in [2.45, 2.75) is 52.0 Å². The molecule has 0 bridgehead atoms. The van der Waals surface area contributed by atoms with E-state index >= 15 is 0 Å². The minimum Gasteiger partial charge on any atom is -0.494 e. The molecule has 8 heteroatoms. The van der Waals surface area contributed by atoms with Crippen molar-refractivity contribution in [2.75, 3.05) is 32.8 Å². The molecule has 1 heterocycles. The molecule has 0 aliphatic carbocycles. The molecular weight excluding hydrogens is 386 g/mol. The Morgan fingerprint density at radius 2 is 2.07 bits per heavy atom. The van der Waals surface area contributed by atoms with E-state index in [9.17, 15) is 4.79 Å². The summed E-state index contributed by atoms with van der Waals surface area (Å²) in [6, 6.07) is 7.82.